The largest absolute Gasteiger partial charge is 0.338 e. The number of fused-ring (bicyclic) bond motifs is 1. The predicted molar refractivity (Wildman–Crippen MR) is 105 cm³/mol. The van der Waals surface area contributed by atoms with Gasteiger partial charge >= 0.3 is 0 Å². The van der Waals surface area contributed by atoms with Crippen molar-refractivity contribution in [3.8, 4) is 0 Å². The van der Waals surface area contributed by atoms with E-state index in [1.165, 1.54) is 25.7 Å². The van der Waals surface area contributed by atoms with Crippen LogP contribution < -0.4 is 0 Å². The van der Waals surface area contributed by atoms with Gasteiger partial charge in [-0.05, 0) is 62.1 Å². The number of amides is 1. The van der Waals surface area contributed by atoms with Gasteiger partial charge in [-0.2, -0.15) is 4.31 Å². The van der Waals surface area contributed by atoms with Crippen molar-refractivity contribution in [2.24, 2.45) is 11.8 Å². The highest BCUT2D eigenvalue weighted by molar-refractivity contribution is 7.89. The summed E-state index contributed by atoms with van der Waals surface area (Å²) < 4.78 is 27.5. The molecule has 3 fully saturated rings. The summed E-state index contributed by atoms with van der Waals surface area (Å²) in [6.45, 7) is 4.59. The van der Waals surface area contributed by atoms with Crippen molar-refractivity contribution in [3.05, 3.63) is 29.3 Å². The maximum absolute atomic E-state index is 13.1. The van der Waals surface area contributed by atoms with Crippen LogP contribution in [0.15, 0.2) is 23.1 Å². The fraction of sp³-hybridized carbons (Fsp3) is 0.667. The number of rotatable bonds is 3. The van der Waals surface area contributed by atoms with Crippen LogP contribution in [0.3, 0.4) is 0 Å². The first-order valence-electron chi connectivity index (χ1n) is 10.4. The Labute approximate surface area is 162 Å². The molecule has 3 aliphatic rings. The molecule has 2 aliphatic heterocycles. The van der Waals surface area contributed by atoms with E-state index in [1.54, 1.807) is 22.5 Å². The SMILES string of the molecule is Cc1ccc(C(=O)N2CCC3CCCCC3C2)cc1S(=O)(=O)N1CCCC1. The first-order chi connectivity index (χ1) is 13.0. The van der Waals surface area contributed by atoms with Gasteiger partial charge in [0.05, 0.1) is 4.90 Å². The van der Waals surface area contributed by atoms with Crippen molar-refractivity contribution in [2.75, 3.05) is 26.2 Å². The standard InChI is InChI=1S/C21H30N2O3S/c1-16-8-9-18(14-20(16)27(25,26)23-11-4-5-12-23)21(24)22-13-10-17-6-2-3-7-19(17)15-22/h8-9,14,17,19H,2-7,10-13,15H2,1H3. The molecule has 27 heavy (non-hydrogen) atoms. The molecule has 1 aliphatic carbocycles. The molecule has 2 unspecified atom stereocenters. The van der Waals surface area contributed by atoms with E-state index in [9.17, 15) is 13.2 Å². The van der Waals surface area contributed by atoms with Crippen LogP contribution in [0.5, 0.6) is 0 Å². The van der Waals surface area contributed by atoms with Gasteiger partial charge in [0.1, 0.15) is 0 Å². The topological polar surface area (TPSA) is 57.7 Å². The Morgan fingerprint density at radius 2 is 1.67 bits per heavy atom. The molecule has 2 saturated heterocycles. The zero-order valence-electron chi connectivity index (χ0n) is 16.2. The number of aryl methyl sites for hydroxylation is 1. The van der Waals surface area contributed by atoms with Gasteiger partial charge in [0.25, 0.3) is 5.91 Å². The average Bonchev–Trinajstić information content (AvgIpc) is 3.23. The van der Waals surface area contributed by atoms with E-state index in [-0.39, 0.29) is 5.91 Å². The lowest BCUT2D eigenvalue weighted by Crippen LogP contribution is -2.44. The molecule has 0 bridgehead atoms. The highest BCUT2D eigenvalue weighted by Crippen LogP contribution is 2.36. The number of piperidine rings is 1. The van der Waals surface area contributed by atoms with Crippen LogP contribution in [-0.2, 0) is 10.0 Å². The fourth-order valence-corrected chi connectivity index (χ4v) is 6.81. The summed E-state index contributed by atoms with van der Waals surface area (Å²) in [5, 5.41) is 0. The molecule has 6 heteroatoms. The average molecular weight is 391 g/mol. The summed E-state index contributed by atoms with van der Waals surface area (Å²) in [5.41, 5.74) is 1.22. The van der Waals surface area contributed by atoms with Gasteiger partial charge in [-0.25, -0.2) is 8.42 Å². The van der Waals surface area contributed by atoms with Crippen molar-refractivity contribution < 1.29 is 13.2 Å². The fourth-order valence-electron chi connectivity index (χ4n) is 5.05. The number of sulfonamides is 1. The van der Waals surface area contributed by atoms with Gasteiger partial charge in [-0.15, -0.1) is 0 Å². The number of nitrogens with zero attached hydrogens (tertiary/aromatic N) is 2. The molecule has 5 nitrogen and oxygen atoms in total. The predicted octanol–water partition coefficient (Wildman–Crippen LogP) is 3.43. The van der Waals surface area contributed by atoms with Gasteiger partial charge in [-0.3, -0.25) is 4.79 Å². The van der Waals surface area contributed by atoms with Crippen LogP contribution in [0, 0.1) is 18.8 Å². The molecular weight excluding hydrogens is 360 g/mol. The molecule has 1 aromatic carbocycles. The summed E-state index contributed by atoms with van der Waals surface area (Å²) in [7, 11) is -3.51. The van der Waals surface area contributed by atoms with Gasteiger partial charge in [-0.1, -0.05) is 25.3 Å². The van der Waals surface area contributed by atoms with Crippen LogP contribution in [0.2, 0.25) is 0 Å². The highest BCUT2D eigenvalue weighted by Gasteiger charge is 2.34. The molecule has 148 valence electrons. The second-order valence-corrected chi connectivity index (χ2v) is 10.3. The summed E-state index contributed by atoms with van der Waals surface area (Å²) in [5.74, 6) is 1.37. The van der Waals surface area contributed by atoms with Crippen LogP contribution >= 0.6 is 0 Å². The van der Waals surface area contributed by atoms with E-state index in [1.807, 2.05) is 11.8 Å². The Balaban J connectivity index is 1.56. The van der Waals surface area contributed by atoms with Crippen molar-refractivity contribution in [1.29, 1.82) is 0 Å². The molecule has 2 heterocycles. The molecule has 1 aromatic rings. The zero-order chi connectivity index (χ0) is 19.0. The minimum atomic E-state index is -3.51. The Bertz CT molecular complexity index is 815. The summed E-state index contributed by atoms with van der Waals surface area (Å²) in [6.07, 6.45) is 8.02. The Hall–Kier alpha value is -1.40. The third-order valence-electron chi connectivity index (χ3n) is 6.70. The molecule has 0 radical (unpaired) electrons. The van der Waals surface area contributed by atoms with Crippen LogP contribution in [-0.4, -0.2) is 49.7 Å². The molecule has 0 aromatic heterocycles. The minimum Gasteiger partial charge on any atom is -0.338 e. The van der Waals surface area contributed by atoms with Crippen molar-refractivity contribution in [3.63, 3.8) is 0 Å². The van der Waals surface area contributed by atoms with E-state index in [0.717, 1.165) is 38.3 Å². The van der Waals surface area contributed by atoms with Gasteiger partial charge in [0, 0.05) is 31.7 Å². The van der Waals surface area contributed by atoms with Crippen LogP contribution in [0.25, 0.3) is 0 Å². The highest BCUT2D eigenvalue weighted by atomic mass is 32.2. The van der Waals surface area contributed by atoms with Crippen LogP contribution in [0.1, 0.15) is 60.9 Å². The molecule has 2 atom stereocenters. The second-order valence-electron chi connectivity index (χ2n) is 8.44. The van der Waals surface area contributed by atoms with E-state index in [4.69, 9.17) is 0 Å². The van der Waals surface area contributed by atoms with Gasteiger partial charge in [0.15, 0.2) is 0 Å². The van der Waals surface area contributed by atoms with Gasteiger partial charge < -0.3 is 4.90 Å². The van der Waals surface area contributed by atoms with Crippen molar-refractivity contribution in [2.45, 2.75) is 56.8 Å². The maximum Gasteiger partial charge on any atom is 0.253 e. The summed E-state index contributed by atoms with van der Waals surface area (Å²) in [6, 6.07) is 5.18. The minimum absolute atomic E-state index is 0.0168. The molecule has 1 saturated carbocycles. The van der Waals surface area contributed by atoms with E-state index >= 15 is 0 Å². The summed E-state index contributed by atoms with van der Waals surface area (Å²) in [4.78, 5) is 15.3. The van der Waals surface area contributed by atoms with Crippen LogP contribution in [0.4, 0.5) is 0 Å². The third kappa shape index (κ3) is 3.66. The lowest BCUT2D eigenvalue weighted by atomic mass is 9.75. The van der Waals surface area contributed by atoms with E-state index < -0.39 is 10.0 Å². The molecular formula is C21H30N2O3S. The Morgan fingerprint density at radius 1 is 0.963 bits per heavy atom. The zero-order valence-corrected chi connectivity index (χ0v) is 17.0. The van der Waals surface area contributed by atoms with Crippen molar-refractivity contribution in [1.82, 2.24) is 9.21 Å². The lowest BCUT2D eigenvalue weighted by Gasteiger charge is -2.41. The number of carbonyl (C=O) groups excluding carboxylic acids is 1. The first kappa shape index (κ1) is 18.9. The number of hydrogen-bond donors (Lipinski definition) is 0. The van der Waals surface area contributed by atoms with E-state index in [0.29, 0.717) is 35.0 Å². The molecule has 0 spiro atoms. The molecule has 4 rings (SSSR count). The first-order valence-corrected chi connectivity index (χ1v) is 11.8. The molecule has 0 N–H and O–H groups in total. The van der Waals surface area contributed by atoms with Gasteiger partial charge in [0.2, 0.25) is 10.0 Å². The van der Waals surface area contributed by atoms with Crippen molar-refractivity contribution >= 4 is 15.9 Å². The summed E-state index contributed by atoms with van der Waals surface area (Å²) >= 11 is 0. The number of likely N-dealkylation sites (tertiary alicyclic amines) is 1. The second kappa shape index (κ2) is 7.55. The number of hydrogen-bond acceptors (Lipinski definition) is 3. The smallest absolute Gasteiger partial charge is 0.253 e. The Kier molecular flexibility index (Phi) is 5.30. The Morgan fingerprint density at radius 3 is 2.41 bits per heavy atom. The molecule has 1 amide bonds. The quantitative estimate of drug-likeness (QED) is 0.794. The number of carbonyl (C=O) groups is 1. The van der Waals surface area contributed by atoms with E-state index in [2.05, 4.69) is 0 Å². The lowest BCUT2D eigenvalue weighted by molar-refractivity contribution is 0.0520. The third-order valence-corrected chi connectivity index (χ3v) is 8.74. The number of benzene rings is 1. The monoisotopic (exact) mass is 390 g/mol. The maximum atomic E-state index is 13.1. The normalized spacial score (nSPS) is 26.8.